The second kappa shape index (κ2) is 13.6. The van der Waals surface area contributed by atoms with Crippen molar-refractivity contribution < 1.29 is 23.3 Å². The number of nitro benzene ring substituents is 1. The van der Waals surface area contributed by atoms with Gasteiger partial charge in [0.2, 0.25) is 0 Å². The Hall–Kier alpha value is -4.25. The predicted octanol–water partition coefficient (Wildman–Crippen LogP) is 5.61. The second-order valence-corrected chi connectivity index (χ2v) is 10.3. The molecule has 2 heterocycles. The SMILES string of the molecule is CCCCN(CCCC)CCCOc1ccc(C(=O)c2c(CC)n(C)c3cc4oc(=O)c(=O)oc4c([N+](=O)[O-])c23)cc1. The predicted molar refractivity (Wildman–Crippen MR) is 160 cm³/mol. The molecular weight excluding hydrogens is 542 g/mol. The average molecular weight is 580 g/mol. The molecule has 42 heavy (non-hydrogen) atoms. The van der Waals surface area contributed by atoms with E-state index in [2.05, 4.69) is 18.7 Å². The van der Waals surface area contributed by atoms with Crippen LogP contribution in [0.3, 0.4) is 0 Å². The molecule has 0 N–H and O–H groups in total. The summed E-state index contributed by atoms with van der Waals surface area (Å²) in [6.07, 6.45) is 5.98. The van der Waals surface area contributed by atoms with Crippen LogP contribution in [0.25, 0.3) is 22.1 Å². The van der Waals surface area contributed by atoms with E-state index in [-0.39, 0.29) is 16.5 Å². The van der Waals surface area contributed by atoms with Gasteiger partial charge in [0.15, 0.2) is 11.4 Å². The van der Waals surface area contributed by atoms with E-state index in [0.29, 0.717) is 35.6 Å². The van der Waals surface area contributed by atoms with Gasteiger partial charge in [-0.05, 0) is 63.0 Å². The van der Waals surface area contributed by atoms with Crippen LogP contribution in [0.4, 0.5) is 5.69 Å². The van der Waals surface area contributed by atoms with E-state index in [1.807, 2.05) is 6.92 Å². The fourth-order valence-electron chi connectivity index (χ4n) is 5.29. The molecule has 0 aliphatic carbocycles. The maximum absolute atomic E-state index is 13.9. The number of ketones is 1. The molecule has 0 bridgehead atoms. The van der Waals surface area contributed by atoms with E-state index in [1.165, 1.54) is 31.7 Å². The monoisotopic (exact) mass is 579 g/mol. The number of fused-ring (bicyclic) bond motifs is 2. The molecule has 0 radical (unpaired) electrons. The normalized spacial score (nSPS) is 11.5. The smallest absolute Gasteiger partial charge is 0.423 e. The first kappa shape index (κ1) is 30.7. The van der Waals surface area contributed by atoms with Crippen LogP contribution in [0.1, 0.15) is 74.5 Å². The van der Waals surface area contributed by atoms with Crippen molar-refractivity contribution in [2.24, 2.45) is 7.05 Å². The summed E-state index contributed by atoms with van der Waals surface area (Å²) in [5, 5.41) is 12.3. The average Bonchev–Trinajstić information content (AvgIpc) is 3.26. The Balaban J connectivity index is 1.61. The van der Waals surface area contributed by atoms with Gasteiger partial charge < -0.3 is 23.0 Å². The minimum Gasteiger partial charge on any atom is -0.494 e. The highest BCUT2D eigenvalue weighted by Crippen LogP contribution is 2.39. The quantitative estimate of drug-likeness (QED) is 0.0578. The molecule has 0 amide bonds. The first-order chi connectivity index (χ1) is 20.2. The van der Waals surface area contributed by atoms with E-state index >= 15 is 0 Å². The molecule has 0 aliphatic rings. The highest BCUT2D eigenvalue weighted by Gasteiger charge is 2.32. The van der Waals surface area contributed by atoms with Gasteiger partial charge in [-0.25, -0.2) is 9.59 Å². The number of hydrogen-bond donors (Lipinski definition) is 0. The standard InChI is InChI=1S/C31H37N3O8/c1-5-8-15-33(16-9-6-2)17-10-18-40-21-13-11-20(12-14-21)28(35)26-22(7-3)32(4)23-19-24-29(27(25(23)26)34(38)39)42-31(37)30(36)41-24/h11-14,19H,5-10,15-18H2,1-4H3. The van der Waals surface area contributed by atoms with Crippen LogP contribution in [-0.2, 0) is 13.5 Å². The number of unbranched alkanes of at least 4 members (excludes halogenated alkanes) is 2. The lowest BCUT2D eigenvalue weighted by Crippen LogP contribution is -2.28. The zero-order valence-corrected chi connectivity index (χ0v) is 24.6. The van der Waals surface area contributed by atoms with E-state index < -0.39 is 33.2 Å². The van der Waals surface area contributed by atoms with Gasteiger partial charge in [-0.2, -0.15) is 0 Å². The van der Waals surface area contributed by atoms with Crippen molar-refractivity contribution >= 4 is 33.5 Å². The van der Waals surface area contributed by atoms with Gasteiger partial charge in [0.1, 0.15) is 5.75 Å². The van der Waals surface area contributed by atoms with Gasteiger partial charge in [0.25, 0.3) is 5.58 Å². The number of aromatic nitrogens is 1. The van der Waals surface area contributed by atoms with Crippen molar-refractivity contribution in [2.75, 3.05) is 26.2 Å². The summed E-state index contributed by atoms with van der Waals surface area (Å²) in [7, 11) is 1.67. The molecule has 2 aromatic heterocycles. The minimum absolute atomic E-state index is 0.0184. The maximum Gasteiger partial charge on any atom is 0.423 e. The molecule has 4 rings (SSSR count). The van der Waals surface area contributed by atoms with Gasteiger partial charge in [-0.1, -0.05) is 33.6 Å². The molecule has 224 valence electrons. The van der Waals surface area contributed by atoms with E-state index in [1.54, 1.807) is 35.9 Å². The van der Waals surface area contributed by atoms with Crippen LogP contribution in [0.5, 0.6) is 5.75 Å². The second-order valence-electron chi connectivity index (χ2n) is 10.3. The lowest BCUT2D eigenvalue weighted by molar-refractivity contribution is -0.381. The third kappa shape index (κ3) is 6.30. The molecule has 2 aromatic carbocycles. The Morgan fingerprint density at radius 3 is 2.19 bits per heavy atom. The summed E-state index contributed by atoms with van der Waals surface area (Å²) < 4.78 is 17.6. The zero-order valence-electron chi connectivity index (χ0n) is 24.6. The Bertz CT molecular complexity index is 1690. The number of aryl methyl sites for hydroxylation is 1. The number of benzene rings is 2. The summed E-state index contributed by atoms with van der Waals surface area (Å²) >= 11 is 0. The van der Waals surface area contributed by atoms with E-state index in [0.717, 1.165) is 26.1 Å². The highest BCUT2D eigenvalue weighted by molar-refractivity contribution is 6.21. The molecule has 4 aromatic rings. The number of ether oxygens (including phenoxy) is 1. The molecule has 0 saturated heterocycles. The van der Waals surface area contributed by atoms with Crippen molar-refractivity contribution in [1.29, 1.82) is 0 Å². The Labute approximate surface area is 242 Å². The van der Waals surface area contributed by atoms with Crippen LogP contribution < -0.4 is 16.0 Å². The first-order valence-electron chi connectivity index (χ1n) is 14.5. The number of carbonyl (C=O) groups excluding carboxylic acids is 1. The largest absolute Gasteiger partial charge is 0.494 e. The van der Waals surface area contributed by atoms with E-state index in [4.69, 9.17) is 13.6 Å². The minimum atomic E-state index is -1.37. The lowest BCUT2D eigenvalue weighted by Gasteiger charge is -2.21. The van der Waals surface area contributed by atoms with Gasteiger partial charge in [0, 0.05) is 30.9 Å². The fourth-order valence-corrected chi connectivity index (χ4v) is 5.29. The number of rotatable bonds is 15. The number of non-ortho nitro benzene ring substituents is 1. The van der Waals surface area contributed by atoms with Gasteiger partial charge in [-0.15, -0.1) is 0 Å². The van der Waals surface area contributed by atoms with Crippen LogP contribution >= 0.6 is 0 Å². The van der Waals surface area contributed by atoms with Crippen molar-refractivity contribution in [3.63, 3.8) is 0 Å². The Morgan fingerprint density at radius 1 is 0.976 bits per heavy atom. The van der Waals surface area contributed by atoms with Crippen LogP contribution in [0.2, 0.25) is 0 Å². The highest BCUT2D eigenvalue weighted by atomic mass is 16.6. The topological polar surface area (TPSA) is 138 Å². The van der Waals surface area contributed by atoms with Crippen molar-refractivity contribution in [1.82, 2.24) is 9.47 Å². The third-order valence-corrected chi connectivity index (χ3v) is 7.47. The molecule has 11 heteroatoms. The van der Waals surface area contributed by atoms with Gasteiger partial charge in [-0.3, -0.25) is 14.9 Å². The summed E-state index contributed by atoms with van der Waals surface area (Å²) in [6.45, 7) is 9.93. The molecule has 0 saturated carbocycles. The third-order valence-electron chi connectivity index (χ3n) is 7.47. The van der Waals surface area contributed by atoms with Crippen molar-refractivity contribution in [2.45, 2.75) is 59.3 Å². The van der Waals surface area contributed by atoms with Gasteiger partial charge in [0.05, 0.1) is 28.0 Å². The summed E-state index contributed by atoms with van der Waals surface area (Å²) in [5.74, 6) is 0.205. The van der Waals surface area contributed by atoms with Gasteiger partial charge >= 0.3 is 16.9 Å². The van der Waals surface area contributed by atoms with Crippen LogP contribution in [0, 0.1) is 10.1 Å². The number of nitro groups is 1. The summed E-state index contributed by atoms with van der Waals surface area (Å²) in [5.41, 5.74) is -2.68. The zero-order chi connectivity index (χ0) is 30.4. The maximum atomic E-state index is 13.9. The fraction of sp³-hybridized carbons (Fsp3) is 0.452. The molecule has 0 aliphatic heterocycles. The molecule has 0 fully saturated rings. The van der Waals surface area contributed by atoms with Crippen LogP contribution in [0.15, 0.2) is 48.8 Å². The van der Waals surface area contributed by atoms with Crippen LogP contribution in [-0.4, -0.2) is 46.4 Å². The molecule has 0 spiro atoms. The Morgan fingerprint density at radius 2 is 1.60 bits per heavy atom. The summed E-state index contributed by atoms with van der Waals surface area (Å²) in [4.78, 5) is 51.5. The molecule has 11 nitrogen and oxygen atoms in total. The van der Waals surface area contributed by atoms with Crippen molar-refractivity contribution in [3.05, 3.63) is 78.1 Å². The molecule has 0 atom stereocenters. The molecular formula is C31H37N3O8. The van der Waals surface area contributed by atoms with Crippen molar-refractivity contribution in [3.8, 4) is 5.75 Å². The number of hydrogen-bond acceptors (Lipinski definition) is 9. The number of carbonyl (C=O) groups is 1. The first-order valence-corrected chi connectivity index (χ1v) is 14.5. The Kier molecular flexibility index (Phi) is 9.95. The number of nitrogens with zero attached hydrogens (tertiary/aromatic N) is 3. The van der Waals surface area contributed by atoms with E-state index in [9.17, 15) is 24.5 Å². The lowest BCUT2D eigenvalue weighted by atomic mass is 9.98. The molecule has 0 unspecified atom stereocenters. The summed E-state index contributed by atoms with van der Waals surface area (Å²) in [6, 6.07) is 8.08.